The highest BCUT2D eigenvalue weighted by atomic mass is 35.5. The predicted octanol–water partition coefficient (Wildman–Crippen LogP) is 6.08. The van der Waals surface area contributed by atoms with Gasteiger partial charge in [-0.05, 0) is 37.6 Å². The predicted molar refractivity (Wildman–Crippen MR) is 191 cm³/mol. The van der Waals surface area contributed by atoms with Gasteiger partial charge in [0.05, 0.1) is 34.7 Å². The summed E-state index contributed by atoms with van der Waals surface area (Å²) in [6.45, 7) is 1.99. The van der Waals surface area contributed by atoms with Crippen LogP contribution < -0.4 is 20.7 Å². The molecule has 252 valence electrons. The summed E-state index contributed by atoms with van der Waals surface area (Å²) < 4.78 is 7.70. The van der Waals surface area contributed by atoms with Crippen LogP contribution in [-0.2, 0) is 22.7 Å². The number of methoxy groups -OCH3 is 1. The molecular weight excluding hydrogens is 661 g/mol. The van der Waals surface area contributed by atoms with E-state index in [0.717, 1.165) is 64.1 Å². The number of aromatic nitrogens is 3. The quantitative estimate of drug-likeness (QED) is 0.153. The van der Waals surface area contributed by atoms with Crippen LogP contribution in [0.3, 0.4) is 0 Å². The normalized spacial score (nSPS) is 17.6. The maximum absolute atomic E-state index is 11.7. The number of halogens is 2. The van der Waals surface area contributed by atoms with Gasteiger partial charge in [0.2, 0.25) is 17.7 Å². The minimum atomic E-state index is -0.0114. The van der Waals surface area contributed by atoms with E-state index in [-0.39, 0.29) is 24.0 Å². The molecule has 2 atom stereocenters. The number of imidazole rings is 1. The van der Waals surface area contributed by atoms with E-state index in [1.54, 1.807) is 7.11 Å². The molecule has 2 saturated heterocycles. The molecule has 10 nitrogen and oxygen atoms in total. The second kappa shape index (κ2) is 14.2. The molecule has 2 amide bonds. The Balaban J connectivity index is 1.12. The van der Waals surface area contributed by atoms with E-state index in [1.807, 2.05) is 72.2 Å². The molecule has 0 bridgehead atoms. The molecule has 3 N–H and O–H groups in total. The topological polar surface area (TPSA) is 113 Å². The first-order valence-electron chi connectivity index (χ1n) is 16.4. The van der Waals surface area contributed by atoms with Crippen LogP contribution in [0.15, 0.2) is 73.1 Å². The number of hydrogen-bond acceptors (Lipinski definition) is 7. The Kier molecular flexibility index (Phi) is 9.55. The van der Waals surface area contributed by atoms with Crippen molar-refractivity contribution < 1.29 is 14.3 Å². The number of carbonyl (C=O) groups is 2. The molecule has 5 heterocycles. The molecule has 2 fully saturated rings. The zero-order valence-corrected chi connectivity index (χ0v) is 28.8. The Hall–Kier alpha value is -4.48. The maximum atomic E-state index is 11.7. The van der Waals surface area contributed by atoms with Crippen molar-refractivity contribution in [1.82, 2.24) is 35.2 Å². The van der Waals surface area contributed by atoms with Gasteiger partial charge in [-0.1, -0.05) is 71.7 Å². The molecule has 0 unspecified atom stereocenters. The van der Waals surface area contributed by atoms with Gasteiger partial charge in [-0.25, -0.2) is 9.97 Å². The third-order valence-electron chi connectivity index (χ3n) is 9.21. The van der Waals surface area contributed by atoms with Crippen molar-refractivity contribution in [2.45, 2.75) is 51.0 Å². The second-order valence-corrected chi connectivity index (χ2v) is 13.4. The van der Waals surface area contributed by atoms with Crippen molar-refractivity contribution in [3.8, 4) is 39.5 Å². The van der Waals surface area contributed by atoms with E-state index in [2.05, 4.69) is 33.1 Å². The number of carbonyl (C=O) groups excluding carboxylic acids is 2. The van der Waals surface area contributed by atoms with Crippen LogP contribution in [-0.4, -0.2) is 64.0 Å². The molecule has 49 heavy (non-hydrogen) atoms. The lowest BCUT2D eigenvalue weighted by Crippen LogP contribution is -2.40. The summed E-state index contributed by atoms with van der Waals surface area (Å²) in [4.78, 5) is 35.0. The number of hydrogen-bond donors (Lipinski definition) is 3. The Morgan fingerprint density at radius 2 is 1.55 bits per heavy atom. The minimum absolute atomic E-state index is 0.0114. The van der Waals surface area contributed by atoms with Gasteiger partial charge in [0.15, 0.2) is 0 Å². The average Bonchev–Trinajstić information content (AvgIpc) is 3.85. The lowest BCUT2D eigenvalue weighted by atomic mass is 9.98. The summed E-state index contributed by atoms with van der Waals surface area (Å²) in [7, 11) is 3.58. The number of nitrogens with zero attached hydrogens (tertiary/aromatic N) is 4. The second-order valence-electron chi connectivity index (χ2n) is 12.6. The standard InChI is InChI=1S/C37H37Cl2N7O3/c1-45(31-14-16-34(48)44-31)20-23-10-12-29(43-37(23)49-2)27-7-3-5-25(35(27)38)26-6-4-8-28(36(26)39)30-21-46-19-22(9-13-32(46)42-30)17-40-18-24-11-15-33(47)41-24/h3-10,12-13,19,21,24,31,40H,11,14-18,20H2,1-2H3,(H,41,47)(H,44,48)/t24-,31-/m0/s1. The molecule has 0 spiro atoms. The monoisotopic (exact) mass is 697 g/mol. The van der Waals surface area contributed by atoms with E-state index in [4.69, 9.17) is 37.9 Å². The van der Waals surface area contributed by atoms with E-state index >= 15 is 0 Å². The summed E-state index contributed by atoms with van der Waals surface area (Å²) in [5, 5.41) is 10.5. The first-order valence-corrected chi connectivity index (χ1v) is 17.1. The van der Waals surface area contributed by atoms with Crippen LogP contribution in [0.1, 0.15) is 36.8 Å². The third kappa shape index (κ3) is 7.00. The van der Waals surface area contributed by atoms with Crippen molar-refractivity contribution in [3.63, 3.8) is 0 Å². The zero-order chi connectivity index (χ0) is 34.1. The molecule has 3 aromatic heterocycles. The SMILES string of the molecule is COc1nc(-c2cccc(-c3cccc(-c4cn5cc(CNC[C@@H]6CCC(=O)N6)ccc5n4)c3Cl)c2Cl)ccc1CN(C)[C@H]1CCC(=O)N1. The number of nitrogens with one attached hydrogen (secondary N) is 3. The number of benzene rings is 2. The smallest absolute Gasteiger partial charge is 0.221 e. The Morgan fingerprint density at radius 3 is 2.22 bits per heavy atom. The highest BCUT2D eigenvalue weighted by Gasteiger charge is 2.26. The molecular formula is C37H37Cl2N7O3. The van der Waals surface area contributed by atoms with Gasteiger partial charge >= 0.3 is 0 Å². The lowest BCUT2D eigenvalue weighted by Gasteiger charge is -2.24. The van der Waals surface area contributed by atoms with Crippen molar-refractivity contribution in [2.24, 2.45) is 0 Å². The molecule has 0 saturated carbocycles. The fraction of sp³-hybridized carbons (Fsp3) is 0.297. The average molecular weight is 699 g/mol. The summed E-state index contributed by atoms with van der Waals surface area (Å²) >= 11 is 14.2. The van der Waals surface area contributed by atoms with Gasteiger partial charge in [0, 0.05) is 78.7 Å². The molecule has 0 aliphatic carbocycles. The zero-order valence-electron chi connectivity index (χ0n) is 27.3. The molecule has 12 heteroatoms. The molecule has 7 rings (SSSR count). The fourth-order valence-corrected chi connectivity index (χ4v) is 7.24. The van der Waals surface area contributed by atoms with Gasteiger partial charge in [0.25, 0.3) is 0 Å². The van der Waals surface area contributed by atoms with Crippen molar-refractivity contribution in [2.75, 3.05) is 20.7 Å². The van der Waals surface area contributed by atoms with Gasteiger partial charge < -0.3 is 25.1 Å². The van der Waals surface area contributed by atoms with E-state index in [1.165, 1.54) is 0 Å². The van der Waals surface area contributed by atoms with Crippen molar-refractivity contribution in [3.05, 3.63) is 94.2 Å². The van der Waals surface area contributed by atoms with Crippen LogP contribution in [0.4, 0.5) is 0 Å². The summed E-state index contributed by atoms with van der Waals surface area (Å²) in [5.74, 6) is 0.697. The highest BCUT2D eigenvalue weighted by molar-refractivity contribution is 6.39. The van der Waals surface area contributed by atoms with Gasteiger partial charge in [-0.15, -0.1) is 0 Å². The maximum Gasteiger partial charge on any atom is 0.221 e. The number of pyridine rings is 2. The number of ether oxygens (including phenoxy) is 1. The minimum Gasteiger partial charge on any atom is -0.481 e. The van der Waals surface area contributed by atoms with Crippen molar-refractivity contribution in [1.29, 1.82) is 0 Å². The first-order chi connectivity index (χ1) is 23.8. The third-order valence-corrected chi connectivity index (χ3v) is 10.0. The number of rotatable bonds is 11. The first kappa shape index (κ1) is 33.0. The summed E-state index contributed by atoms with van der Waals surface area (Å²) in [6, 6.07) is 19.9. The van der Waals surface area contributed by atoms with E-state index < -0.39 is 0 Å². The van der Waals surface area contributed by atoms with Crippen molar-refractivity contribution >= 4 is 40.7 Å². The molecule has 0 radical (unpaired) electrons. The van der Waals surface area contributed by atoms with Gasteiger partial charge in [-0.3, -0.25) is 14.5 Å². The van der Waals surface area contributed by atoms with Crippen LogP contribution >= 0.6 is 23.2 Å². The molecule has 2 aromatic carbocycles. The van der Waals surface area contributed by atoms with Gasteiger partial charge in [-0.2, -0.15) is 0 Å². The highest BCUT2D eigenvalue weighted by Crippen LogP contribution is 2.42. The molecule has 5 aromatic rings. The summed E-state index contributed by atoms with van der Waals surface area (Å²) in [5.41, 5.74) is 7.38. The Labute approximate surface area is 294 Å². The number of amides is 2. The molecule has 2 aliphatic rings. The molecule has 2 aliphatic heterocycles. The van der Waals surface area contributed by atoms with Crippen LogP contribution in [0.25, 0.3) is 39.3 Å². The Morgan fingerprint density at radius 1 is 0.857 bits per heavy atom. The van der Waals surface area contributed by atoms with Crippen LogP contribution in [0.2, 0.25) is 10.0 Å². The number of fused-ring (bicyclic) bond motifs is 1. The van der Waals surface area contributed by atoms with E-state index in [9.17, 15) is 9.59 Å². The van der Waals surface area contributed by atoms with Crippen LogP contribution in [0.5, 0.6) is 5.88 Å². The Bertz CT molecular complexity index is 2050. The lowest BCUT2D eigenvalue weighted by molar-refractivity contribution is -0.120. The largest absolute Gasteiger partial charge is 0.481 e. The van der Waals surface area contributed by atoms with E-state index in [0.29, 0.717) is 47.6 Å². The summed E-state index contributed by atoms with van der Waals surface area (Å²) in [6.07, 6.45) is 6.80. The fourth-order valence-electron chi connectivity index (χ4n) is 6.59. The van der Waals surface area contributed by atoms with Gasteiger partial charge in [0.1, 0.15) is 5.65 Å². The van der Waals surface area contributed by atoms with Crippen LogP contribution in [0, 0.1) is 0 Å².